The number of nitrogens with zero attached hydrogens (tertiary/aromatic N) is 1. The summed E-state index contributed by atoms with van der Waals surface area (Å²) in [5.74, 6) is -0.218. The fourth-order valence-corrected chi connectivity index (χ4v) is 4.69. The van der Waals surface area contributed by atoms with Gasteiger partial charge in [-0.05, 0) is 45.1 Å². The van der Waals surface area contributed by atoms with E-state index in [9.17, 15) is 14.7 Å². The molecule has 0 saturated heterocycles. The van der Waals surface area contributed by atoms with E-state index in [1.807, 2.05) is 55.1 Å². The third kappa shape index (κ3) is 3.73. The third-order valence-corrected chi connectivity index (χ3v) is 6.44. The summed E-state index contributed by atoms with van der Waals surface area (Å²) in [7, 11) is 0. The van der Waals surface area contributed by atoms with E-state index in [-0.39, 0.29) is 30.2 Å². The first-order chi connectivity index (χ1) is 14.4. The molecule has 8 heteroatoms. The van der Waals surface area contributed by atoms with Gasteiger partial charge in [-0.1, -0.05) is 18.2 Å². The van der Waals surface area contributed by atoms with E-state index in [1.165, 1.54) is 11.8 Å². The molecule has 3 aromatic rings. The lowest BCUT2D eigenvalue weighted by molar-refractivity contribution is 0.0795. The molecule has 30 heavy (non-hydrogen) atoms. The number of rotatable bonds is 6. The minimum atomic E-state index is -0.259. The number of benzene rings is 1. The second-order valence-corrected chi connectivity index (χ2v) is 8.62. The first kappa shape index (κ1) is 20.6. The number of pyridine rings is 1. The number of aromatic nitrogens is 2. The number of fused-ring (bicyclic) bond motifs is 1. The van der Waals surface area contributed by atoms with E-state index in [1.54, 1.807) is 0 Å². The van der Waals surface area contributed by atoms with Crippen LogP contribution >= 0.6 is 11.8 Å². The predicted molar refractivity (Wildman–Crippen MR) is 120 cm³/mol. The third-order valence-electron chi connectivity index (χ3n) is 5.64. The van der Waals surface area contributed by atoms with Crippen LogP contribution in [-0.2, 0) is 6.54 Å². The summed E-state index contributed by atoms with van der Waals surface area (Å²) in [6.45, 7) is 3.91. The zero-order valence-electron chi connectivity index (χ0n) is 17.3. The van der Waals surface area contributed by atoms with Gasteiger partial charge in [0.1, 0.15) is 0 Å². The number of aromatic amines is 1. The maximum absolute atomic E-state index is 13.2. The largest absolute Gasteiger partial charge is 0.393 e. The molecule has 4 rings (SSSR count). The van der Waals surface area contributed by atoms with Crippen LogP contribution < -0.4 is 16.3 Å². The van der Waals surface area contributed by atoms with Crippen molar-refractivity contribution >= 4 is 28.6 Å². The lowest BCUT2D eigenvalue weighted by Gasteiger charge is -2.33. The Bertz CT molecular complexity index is 1160. The SMILES string of the molecule is CSc1cc(C)[nH]c(=O)c1CNC(=O)c1c(C)n(NC2CC(O)C2)c2ccccc12. The van der Waals surface area contributed by atoms with Gasteiger partial charge in [0.15, 0.2) is 0 Å². The zero-order valence-corrected chi connectivity index (χ0v) is 18.1. The van der Waals surface area contributed by atoms with Gasteiger partial charge in [0.05, 0.1) is 22.9 Å². The van der Waals surface area contributed by atoms with Gasteiger partial charge in [0, 0.05) is 34.1 Å². The number of para-hydroxylation sites is 1. The van der Waals surface area contributed by atoms with Crippen molar-refractivity contribution in [3.05, 3.63) is 63.2 Å². The number of hydrogen-bond acceptors (Lipinski definition) is 5. The van der Waals surface area contributed by atoms with Crippen molar-refractivity contribution in [2.24, 2.45) is 0 Å². The van der Waals surface area contributed by atoms with E-state index >= 15 is 0 Å². The Labute approximate surface area is 178 Å². The van der Waals surface area contributed by atoms with Crippen molar-refractivity contribution in [1.29, 1.82) is 0 Å². The number of aliphatic hydroxyl groups excluding tert-OH is 1. The summed E-state index contributed by atoms with van der Waals surface area (Å²) in [5.41, 5.74) is 6.91. The second-order valence-electron chi connectivity index (χ2n) is 7.78. The number of hydrogen-bond donors (Lipinski definition) is 4. The predicted octanol–water partition coefficient (Wildman–Crippen LogP) is 2.67. The average Bonchev–Trinajstić information content (AvgIpc) is 2.97. The minimum absolute atomic E-state index is 0.159. The number of carbonyl (C=O) groups is 1. The number of carbonyl (C=O) groups excluding carboxylic acids is 1. The highest BCUT2D eigenvalue weighted by atomic mass is 32.2. The average molecular weight is 427 g/mol. The Balaban J connectivity index is 1.63. The normalized spacial score (nSPS) is 18.3. The van der Waals surface area contributed by atoms with Gasteiger partial charge in [-0.25, -0.2) is 0 Å². The van der Waals surface area contributed by atoms with E-state index in [4.69, 9.17) is 0 Å². The van der Waals surface area contributed by atoms with Crippen molar-refractivity contribution < 1.29 is 9.90 Å². The van der Waals surface area contributed by atoms with E-state index in [0.29, 0.717) is 24.0 Å². The molecule has 1 amide bonds. The van der Waals surface area contributed by atoms with Crippen LogP contribution in [0.2, 0.25) is 0 Å². The van der Waals surface area contributed by atoms with Gasteiger partial charge in [0.2, 0.25) is 0 Å². The molecule has 158 valence electrons. The number of aryl methyl sites for hydroxylation is 1. The van der Waals surface area contributed by atoms with Crippen LogP contribution in [0.3, 0.4) is 0 Å². The Hall–Kier alpha value is -2.71. The summed E-state index contributed by atoms with van der Waals surface area (Å²) < 4.78 is 1.94. The van der Waals surface area contributed by atoms with Gasteiger partial charge >= 0.3 is 0 Å². The van der Waals surface area contributed by atoms with Gasteiger partial charge in [0.25, 0.3) is 11.5 Å². The molecule has 0 unspecified atom stereocenters. The topological polar surface area (TPSA) is 99.2 Å². The number of H-pyrrole nitrogens is 1. The van der Waals surface area contributed by atoms with Crippen molar-refractivity contribution in [2.75, 3.05) is 11.7 Å². The number of amides is 1. The molecule has 0 spiro atoms. The Morgan fingerprint density at radius 2 is 2.03 bits per heavy atom. The molecule has 1 fully saturated rings. The highest BCUT2D eigenvalue weighted by molar-refractivity contribution is 7.98. The van der Waals surface area contributed by atoms with Crippen LogP contribution in [-0.4, -0.2) is 39.1 Å². The number of nitrogens with one attached hydrogen (secondary N) is 3. The monoisotopic (exact) mass is 426 g/mol. The van der Waals surface area contributed by atoms with Gasteiger partial charge in [-0.2, -0.15) is 0 Å². The quantitative estimate of drug-likeness (QED) is 0.454. The maximum Gasteiger partial charge on any atom is 0.254 e. The highest BCUT2D eigenvalue weighted by Crippen LogP contribution is 2.28. The van der Waals surface area contributed by atoms with Crippen molar-refractivity contribution in [3.63, 3.8) is 0 Å². The van der Waals surface area contributed by atoms with Crippen LogP contribution in [0.1, 0.15) is 40.2 Å². The summed E-state index contributed by atoms with van der Waals surface area (Å²) in [4.78, 5) is 29.2. The number of thioether (sulfide) groups is 1. The second kappa shape index (κ2) is 8.20. The van der Waals surface area contributed by atoms with E-state index < -0.39 is 0 Å². The van der Waals surface area contributed by atoms with Gasteiger partial charge in [-0.15, -0.1) is 11.8 Å². The molecule has 2 aromatic heterocycles. The molecule has 1 aliphatic carbocycles. The Morgan fingerprint density at radius 3 is 2.73 bits per heavy atom. The van der Waals surface area contributed by atoms with E-state index in [2.05, 4.69) is 15.7 Å². The van der Waals surface area contributed by atoms with Crippen molar-refractivity contribution in [1.82, 2.24) is 15.0 Å². The molecule has 0 aliphatic heterocycles. The number of aliphatic hydroxyl groups is 1. The lowest BCUT2D eigenvalue weighted by atomic mass is 9.90. The lowest BCUT2D eigenvalue weighted by Crippen LogP contribution is -2.43. The molecule has 1 aliphatic rings. The van der Waals surface area contributed by atoms with Crippen LogP contribution in [0.5, 0.6) is 0 Å². The standard InChI is InChI=1S/C22H26N4O3S/c1-12-8-19(30-3)17(21(28)24-12)11-23-22(29)20-13(2)26(25-14-9-15(27)10-14)18-7-5-4-6-16(18)20/h4-8,14-15,25,27H,9-11H2,1-3H3,(H,23,29)(H,24,28). The molecular weight excluding hydrogens is 400 g/mol. The van der Waals surface area contributed by atoms with Crippen molar-refractivity contribution in [3.8, 4) is 0 Å². The molecule has 4 N–H and O–H groups in total. The van der Waals surface area contributed by atoms with Gasteiger partial charge in [-0.3, -0.25) is 14.3 Å². The first-order valence-corrected chi connectivity index (χ1v) is 11.2. The van der Waals surface area contributed by atoms with Crippen LogP contribution in [0.4, 0.5) is 0 Å². The Kier molecular flexibility index (Phi) is 5.62. The molecule has 0 atom stereocenters. The first-order valence-electron chi connectivity index (χ1n) is 9.98. The molecule has 0 bridgehead atoms. The summed E-state index contributed by atoms with van der Waals surface area (Å²) >= 11 is 1.49. The fourth-order valence-electron chi connectivity index (χ4n) is 3.99. The molecule has 7 nitrogen and oxygen atoms in total. The smallest absolute Gasteiger partial charge is 0.254 e. The molecule has 2 heterocycles. The van der Waals surface area contributed by atoms with Crippen LogP contribution in [0, 0.1) is 13.8 Å². The molecular formula is C22H26N4O3S. The van der Waals surface area contributed by atoms with Crippen LogP contribution in [0.25, 0.3) is 10.9 Å². The van der Waals surface area contributed by atoms with Crippen LogP contribution in [0.15, 0.2) is 40.0 Å². The fraction of sp³-hybridized carbons (Fsp3) is 0.364. The minimum Gasteiger partial charge on any atom is -0.393 e. The summed E-state index contributed by atoms with van der Waals surface area (Å²) in [5, 5.41) is 13.4. The highest BCUT2D eigenvalue weighted by Gasteiger charge is 2.29. The van der Waals surface area contributed by atoms with Crippen molar-refractivity contribution in [2.45, 2.75) is 50.3 Å². The van der Waals surface area contributed by atoms with E-state index in [0.717, 1.165) is 27.2 Å². The zero-order chi connectivity index (χ0) is 21.4. The Morgan fingerprint density at radius 1 is 1.30 bits per heavy atom. The van der Waals surface area contributed by atoms with Gasteiger partial charge < -0.3 is 20.8 Å². The molecule has 1 saturated carbocycles. The maximum atomic E-state index is 13.2. The summed E-state index contributed by atoms with van der Waals surface area (Å²) in [6.07, 6.45) is 3.05. The molecule has 1 aromatic carbocycles. The summed E-state index contributed by atoms with van der Waals surface area (Å²) in [6, 6.07) is 9.84. The molecule has 0 radical (unpaired) electrons.